The topological polar surface area (TPSA) is 48.9 Å². The van der Waals surface area contributed by atoms with E-state index in [1.165, 1.54) is 0 Å². The van der Waals surface area contributed by atoms with Crippen LogP contribution < -0.4 is 10.6 Å². The molecule has 1 aliphatic heterocycles. The molecule has 19 heavy (non-hydrogen) atoms. The quantitative estimate of drug-likeness (QED) is 0.412. The zero-order valence-electron chi connectivity index (χ0n) is 12.4. The van der Waals surface area contributed by atoms with E-state index in [4.69, 9.17) is 4.74 Å². The normalized spacial score (nSPS) is 18.6. The van der Waals surface area contributed by atoms with Crippen molar-refractivity contribution in [2.24, 2.45) is 4.99 Å². The Labute approximate surface area is 134 Å². The third-order valence-electron chi connectivity index (χ3n) is 3.13. The molecule has 2 N–H and O–H groups in total. The summed E-state index contributed by atoms with van der Waals surface area (Å²) >= 11 is 0. The SMILES string of the molecule is CCNC(=NCCN1CCOCC1)NC(C)CC.I. The molecule has 0 spiro atoms. The molecular weight excluding hydrogens is 355 g/mol. The Morgan fingerprint density at radius 2 is 2.00 bits per heavy atom. The van der Waals surface area contributed by atoms with E-state index in [0.29, 0.717) is 6.04 Å². The molecule has 0 aromatic heterocycles. The fraction of sp³-hybridized carbons (Fsp3) is 0.923. The van der Waals surface area contributed by atoms with E-state index in [9.17, 15) is 0 Å². The molecule has 1 fully saturated rings. The summed E-state index contributed by atoms with van der Waals surface area (Å²) in [6.45, 7) is 13.0. The Bertz CT molecular complexity index is 245. The van der Waals surface area contributed by atoms with Gasteiger partial charge >= 0.3 is 0 Å². The molecule has 114 valence electrons. The molecule has 0 radical (unpaired) electrons. The third-order valence-corrected chi connectivity index (χ3v) is 3.13. The average molecular weight is 384 g/mol. The predicted molar refractivity (Wildman–Crippen MR) is 91.5 cm³/mol. The summed E-state index contributed by atoms with van der Waals surface area (Å²) in [6.07, 6.45) is 1.11. The minimum Gasteiger partial charge on any atom is -0.379 e. The summed E-state index contributed by atoms with van der Waals surface area (Å²) in [6, 6.07) is 0.464. The average Bonchev–Trinajstić information content (AvgIpc) is 2.40. The molecule has 5 nitrogen and oxygen atoms in total. The van der Waals surface area contributed by atoms with Crippen molar-refractivity contribution in [3.05, 3.63) is 0 Å². The molecule has 0 saturated carbocycles. The Morgan fingerprint density at radius 1 is 1.32 bits per heavy atom. The lowest BCUT2D eigenvalue weighted by Gasteiger charge is -2.26. The number of halogens is 1. The summed E-state index contributed by atoms with van der Waals surface area (Å²) in [5, 5.41) is 6.68. The van der Waals surface area contributed by atoms with E-state index in [1.54, 1.807) is 0 Å². The monoisotopic (exact) mass is 384 g/mol. The number of hydrogen-bond donors (Lipinski definition) is 2. The first-order chi connectivity index (χ1) is 8.76. The van der Waals surface area contributed by atoms with Crippen LogP contribution in [0.15, 0.2) is 4.99 Å². The van der Waals surface area contributed by atoms with Crippen LogP contribution in [0.1, 0.15) is 27.2 Å². The van der Waals surface area contributed by atoms with Gasteiger partial charge in [0.15, 0.2) is 5.96 Å². The third kappa shape index (κ3) is 8.65. The standard InChI is InChI=1S/C13H28N4O.HI/c1-4-12(3)16-13(14-5-2)15-6-7-17-8-10-18-11-9-17;/h12H,4-11H2,1-3H3,(H2,14,15,16);1H. The number of nitrogens with zero attached hydrogens (tertiary/aromatic N) is 2. The van der Waals surface area contributed by atoms with E-state index in [2.05, 4.69) is 41.3 Å². The van der Waals surface area contributed by atoms with Gasteiger partial charge < -0.3 is 15.4 Å². The van der Waals surface area contributed by atoms with Crippen molar-refractivity contribution in [1.29, 1.82) is 0 Å². The smallest absolute Gasteiger partial charge is 0.191 e. The first kappa shape index (κ1) is 18.9. The fourth-order valence-electron chi connectivity index (χ4n) is 1.78. The highest BCUT2D eigenvalue weighted by molar-refractivity contribution is 14.0. The molecule has 1 atom stereocenters. The van der Waals surface area contributed by atoms with Crippen LogP contribution in [0.5, 0.6) is 0 Å². The molecule has 1 unspecified atom stereocenters. The minimum atomic E-state index is 0. The Balaban J connectivity index is 0.00000324. The Morgan fingerprint density at radius 3 is 2.58 bits per heavy atom. The number of hydrogen-bond acceptors (Lipinski definition) is 3. The summed E-state index contributed by atoms with van der Waals surface area (Å²) in [5.41, 5.74) is 0. The zero-order valence-corrected chi connectivity index (χ0v) is 14.8. The fourth-order valence-corrected chi connectivity index (χ4v) is 1.78. The second kappa shape index (κ2) is 11.7. The predicted octanol–water partition coefficient (Wildman–Crippen LogP) is 1.29. The highest BCUT2D eigenvalue weighted by atomic mass is 127. The van der Waals surface area contributed by atoms with E-state index >= 15 is 0 Å². The van der Waals surface area contributed by atoms with Crippen molar-refractivity contribution in [3.8, 4) is 0 Å². The number of morpholine rings is 1. The molecule has 1 rings (SSSR count). The zero-order chi connectivity index (χ0) is 13.2. The summed E-state index contributed by atoms with van der Waals surface area (Å²) in [5.74, 6) is 0.931. The Hall–Kier alpha value is -0.0800. The van der Waals surface area contributed by atoms with Crippen LogP contribution in [0.4, 0.5) is 0 Å². The minimum absolute atomic E-state index is 0. The second-order valence-electron chi connectivity index (χ2n) is 4.67. The molecule has 0 aromatic rings. The summed E-state index contributed by atoms with van der Waals surface area (Å²) in [4.78, 5) is 7.01. The highest BCUT2D eigenvalue weighted by Gasteiger charge is 2.09. The van der Waals surface area contributed by atoms with Gasteiger partial charge in [-0.25, -0.2) is 0 Å². The van der Waals surface area contributed by atoms with Crippen molar-refractivity contribution < 1.29 is 4.74 Å². The van der Waals surface area contributed by atoms with Gasteiger partial charge in [-0.3, -0.25) is 9.89 Å². The molecule has 1 saturated heterocycles. The van der Waals surface area contributed by atoms with Crippen molar-refractivity contribution in [2.45, 2.75) is 33.2 Å². The van der Waals surface area contributed by atoms with Gasteiger partial charge in [-0.1, -0.05) is 6.92 Å². The molecule has 1 heterocycles. The highest BCUT2D eigenvalue weighted by Crippen LogP contribution is 1.96. The largest absolute Gasteiger partial charge is 0.379 e. The first-order valence-corrected chi connectivity index (χ1v) is 7.11. The van der Waals surface area contributed by atoms with Crippen molar-refractivity contribution in [1.82, 2.24) is 15.5 Å². The van der Waals surface area contributed by atoms with Crippen molar-refractivity contribution in [3.63, 3.8) is 0 Å². The molecule has 0 amide bonds. The van der Waals surface area contributed by atoms with Crippen LogP contribution in [0.25, 0.3) is 0 Å². The second-order valence-corrected chi connectivity index (χ2v) is 4.67. The van der Waals surface area contributed by atoms with Gasteiger partial charge in [0, 0.05) is 32.2 Å². The van der Waals surface area contributed by atoms with Gasteiger partial charge in [0.05, 0.1) is 19.8 Å². The van der Waals surface area contributed by atoms with Crippen LogP contribution in [0, 0.1) is 0 Å². The van der Waals surface area contributed by atoms with E-state index in [-0.39, 0.29) is 24.0 Å². The van der Waals surface area contributed by atoms with Crippen LogP contribution in [0.3, 0.4) is 0 Å². The van der Waals surface area contributed by atoms with Gasteiger partial charge in [0.1, 0.15) is 0 Å². The Kier molecular flexibility index (Phi) is 11.7. The maximum atomic E-state index is 5.33. The number of aliphatic imine (C=N–C) groups is 1. The number of nitrogens with one attached hydrogen (secondary N) is 2. The molecule has 0 aliphatic carbocycles. The summed E-state index contributed by atoms with van der Waals surface area (Å²) < 4.78 is 5.33. The van der Waals surface area contributed by atoms with E-state index < -0.39 is 0 Å². The maximum Gasteiger partial charge on any atom is 0.191 e. The maximum absolute atomic E-state index is 5.33. The van der Waals surface area contributed by atoms with E-state index in [1.807, 2.05) is 0 Å². The molecule has 6 heteroatoms. The molecular formula is C13H29IN4O. The van der Waals surface area contributed by atoms with Crippen molar-refractivity contribution in [2.75, 3.05) is 45.9 Å². The lowest BCUT2D eigenvalue weighted by atomic mass is 10.3. The van der Waals surface area contributed by atoms with Crippen molar-refractivity contribution >= 4 is 29.9 Å². The van der Waals surface area contributed by atoms with Crippen LogP contribution in [-0.4, -0.2) is 62.8 Å². The van der Waals surface area contributed by atoms with Gasteiger partial charge in [0.25, 0.3) is 0 Å². The molecule has 1 aliphatic rings. The van der Waals surface area contributed by atoms with E-state index in [0.717, 1.165) is 58.3 Å². The van der Waals surface area contributed by atoms with Gasteiger partial charge in [-0.2, -0.15) is 0 Å². The van der Waals surface area contributed by atoms with Crippen LogP contribution in [0.2, 0.25) is 0 Å². The molecule has 0 bridgehead atoms. The number of rotatable bonds is 6. The van der Waals surface area contributed by atoms with Gasteiger partial charge in [0.2, 0.25) is 0 Å². The number of guanidine groups is 1. The van der Waals surface area contributed by atoms with Gasteiger partial charge in [-0.15, -0.1) is 24.0 Å². The summed E-state index contributed by atoms with van der Waals surface area (Å²) in [7, 11) is 0. The number of ether oxygens (including phenoxy) is 1. The van der Waals surface area contributed by atoms with Gasteiger partial charge in [-0.05, 0) is 20.3 Å². The van der Waals surface area contributed by atoms with Crippen LogP contribution in [-0.2, 0) is 4.74 Å². The lowest BCUT2D eigenvalue weighted by molar-refractivity contribution is 0.0394. The first-order valence-electron chi connectivity index (χ1n) is 7.11. The van der Waals surface area contributed by atoms with Crippen LogP contribution >= 0.6 is 24.0 Å². The molecule has 0 aromatic carbocycles. The lowest BCUT2D eigenvalue weighted by Crippen LogP contribution is -2.43.